The molecule has 2 rings (SSSR count). The first-order valence-electron chi connectivity index (χ1n) is 6.73. The smallest absolute Gasteiger partial charge is 0.272 e. The van der Waals surface area contributed by atoms with Gasteiger partial charge in [0.05, 0.1) is 11.9 Å². The van der Waals surface area contributed by atoms with Crippen LogP contribution < -0.4 is 5.32 Å². The van der Waals surface area contributed by atoms with E-state index in [1.807, 2.05) is 24.8 Å². The molecule has 1 aromatic rings. The van der Waals surface area contributed by atoms with Crippen LogP contribution in [0, 0.1) is 5.92 Å². The van der Waals surface area contributed by atoms with Crippen LogP contribution in [0.5, 0.6) is 0 Å². The van der Waals surface area contributed by atoms with Crippen molar-refractivity contribution in [3.63, 3.8) is 0 Å². The van der Waals surface area contributed by atoms with E-state index < -0.39 is 0 Å². The lowest BCUT2D eigenvalue weighted by Crippen LogP contribution is -2.33. The maximum Gasteiger partial charge on any atom is 0.272 e. The van der Waals surface area contributed by atoms with E-state index in [1.54, 1.807) is 12.3 Å². The summed E-state index contributed by atoms with van der Waals surface area (Å²) in [6.07, 6.45) is 4.24. The largest absolute Gasteiger partial charge is 0.384 e. The average molecular weight is 247 g/mol. The number of nitrogens with zero attached hydrogens (tertiary/aromatic N) is 2. The van der Waals surface area contributed by atoms with Crippen LogP contribution >= 0.6 is 0 Å². The second-order valence-corrected chi connectivity index (χ2v) is 4.75. The molecule has 1 aliphatic rings. The van der Waals surface area contributed by atoms with Gasteiger partial charge in [-0.05, 0) is 44.7 Å². The zero-order valence-electron chi connectivity index (χ0n) is 11.1. The maximum atomic E-state index is 12.3. The molecule has 1 aromatic heterocycles. The first-order chi connectivity index (χ1) is 8.74. The summed E-state index contributed by atoms with van der Waals surface area (Å²) >= 11 is 0. The molecule has 0 radical (unpaired) electrons. The van der Waals surface area contributed by atoms with Gasteiger partial charge in [-0.1, -0.05) is 0 Å². The van der Waals surface area contributed by atoms with Gasteiger partial charge in [0.15, 0.2) is 0 Å². The number of carbonyl (C=O) groups is 1. The predicted octanol–water partition coefficient (Wildman–Crippen LogP) is 2.39. The Morgan fingerprint density at radius 2 is 2.22 bits per heavy atom. The molecule has 18 heavy (non-hydrogen) atoms. The van der Waals surface area contributed by atoms with Crippen molar-refractivity contribution in [2.45, 2.75) is 26.7 Å². The van der Waals surface area contributed by atoms with Crippen molar-refractivity contribution < 1.29 is 4.79 Å². The van der Waals surface area contributed by atoms with Crippen molar-refractivity contribution in [2.24, 2.45) is 5.92 Å². The Balaban J connectivity index is 2.01. The number of rotatable bonds is 6. The number of hydrogen-bond donors (Lipinski definition) is 1. The zero-order valence-corrected chi connectivity index (χ0v) is 11.1. The van der Waals surface area contributed by atoms with E-state index in [2.05, 4.69) is 10.3 Å². The highest BCUT2D eigenvalue weighted by molar-refractivity contribution is 5.92. The number of pyridine rings is 1. The molecular formula is C14H21N3O. The van der Waals surface area contributed by atoms with Gasteiger partial charge in [0.25, 0.3) is 5.91 Å². The summed E-state index contributed by atoms with van der Waals surface area (Å²) in [7, 11) is 0. The number of amides is 1. The minimum atomic E-state index is 0.0486. The van der Waals surface area contributed by atoms with Gasteiger partial charge in [0, 0.05) is 19.6 Å². The van der Waals surface area contributed by atoms with Crippen LogP contribution in [0.1, 0.15) is 37.2 Å². The van der Waals surface area contributed by atoms with Crippen LogP contribution in [0.25, 0.3) is 0 Å². The summed E-state index contributed by atoms with van der Waals surface area (Å²) in [6.45, 7) is 6.55. The van der Waals surface area contributed by atoms with Gasteiger partial charge >= 0.3 is 0 Å². The molecule has 0 saturated heterocycles. The van der Waals surface area contributed by atoms with Crippen molar-refractivity contribution in [1.82, 2.24) is 9.88 Å². The number of nitrogens with one attached hydrogen (secondary N) is 1. The lowest BCUT2D eigenvalue weighted by molar-refractivity contribution is 0.0751. The quantitative estimate of drug-likeness (QED) is 0.839. The third kappa shape index (κ3) is 3.22. The highest BCUT2D eigenvalue weighted by atomic mass is 16.2. The molecule has 1 fully saturated rings. The highest BCUT2D eigenvalue weighted by Gasteiger charge is 2.26. The van der Waals surface area contributed by atoms with Gasteiger partial charge in [0.2, 0.25) is 0 Å². The summed E-state index contributed by atoms with van der Waals surface area (Å²) in [5.41, 5.74) is 1.50. The molecule has 0 aliphatic heterocycles. The fraction of sp³-hybridized carbons (Fsp3) is 0.571. The second kappa shape index (κ2) is 5.85. The van der Waals surface area contributed by atoms with Gasteiger partial charge in [-0.2, -0.15) is 0 Å². The molecule has 1 aliphatic carbocycles. The van der Waals surface area contributed by atoms with Crippen molar-refractivity contribution in [1.29, 1.82) is 0 Å². The maximum absolute atomic E-state index is 12.3. The van der Waals surface area contributed by atoms with Gasteiger partial charge < -0.3 is 10.2 Å². The Bertz CT molecular complexity index is 398. The molecule has 1 heterocycles. The summed E-state index contributed by atoms with van der Waals surface area (Å²) in [4.78, 5) is 18.4. The normalized spacial score (nSPS) is 14.3. The molecule has 4 heteroatoms. The monoisotopic (exact) mass is 247 g/mol. The van der Waals surface area contributed by atoms with E-state index in [-0.39, 0.29) is 5.91 Å². The molecule has 0 bridgehead atoms. The molecule has 0 unspecified atom stereocenters. The van der Waals surface area contributed by atoms with Gasteiger partial charge in [-0.3, -0.25) is 4.79 Å². The van der Waals surface area contributed by atoms with E-state index in [1.165, 1.54) is 12.8 Å². The molecule has 1 N–H and O–H groups in total. The topological polar surface area (TPSA) is 45.2 Å². The van der Waals surface area contributed by atoms with Crippen LogP contribution in [-0.4, -0.2) is 35.4 Å². The third-order valence-electron chi connectivity index (χ3n) is 3.21. The predicted molar refractivity (Wildman–Crippen MR) is 72.7 cm³/mol. The SMILES string of the molecule is CCNc1ccc(C(=O)N(CC)CC2CC2)nc1. The molecule has 0 spiro atoms. The fourth-order valence-electron chi connectivity index (χ4n) is 1.96. The molecule has 1 amide bonds. The first-order valence-corrected chi connectivity index (χ1v) is 6.73. The van der Waals surface area contributed by atoms with Crippen molar-refractivity contribution >= 4 is 11.6 Å². The Morgan fingerprint density at radius 1 is 1.44 bits per heavy atom. The molecule has 1 saturated carbocycles. The summed E-state index contributed by atoms with van der Waals surface area (Å²) < 4.78 is 0. The van der Waals surface area contributed by atoms with Crippen LogP contribution in [0.2, 0.25) is 0 Å². The van der Waals surface area contributed by atoms with Crippen molar-refractivity contribution in [3.8, 4) is 0 Å². The van der Waals surface area contributed by atoms with E-state index in [0.29, 0.717) is 5.69 Å². The third-order valence-corrected chi connectivity index (χ3v) is 3.21. The van der Waals surface area contributed by atoms with Crippen LogP contribution in [0.3, 0.4) is 0 Å². The Morgan fingerprint density at radius 3 is 2.72 bits per heavy atom. The standard InChI is InChI=1S/C14H21N3O/c1-3-15-12-7-8-13(16-9-12)14(18)17(4-2)10-11-5-6-11/h7-9,11,15H,3-6,10H2,1-2H3. The number of aromatic nitrogens is 1. The minimum absolute atomic E-state index is 0.0486. The second-order valence-electron chi connectivity index (χ2n) is 4.75. The van der Waals surface area contributed by atoms with E-state index >= 15 is 0 Å². The molecule has 0 atom stereocenters. The van der Waals surface area contributed by atoms with Gasteiger partial charge in [-0.15, -0.1) is 0 Å². The van der Waals surface area contributed by atoms with Crippen LogP contribution in [0.15, 0.2) is 18.3 Å². The van der Waals surface area contributed by atoms with Crippen molar-refractivity contribution in [3.05, 3.63) is 24.0 Å². The van der Waals surface area contributed by atoms with Gasteiger partial charge in [0.1, 0.15) is 5.69 Å². The molecular weight excluding hydrogens is 226 g/mol. The van der Waals surface area contributed by atoms with Crippen molar-refractivity contribution in [2.75, 3.05) is 25.0 Å². The molecule has 98 valence electrons. The number of anilines is 1. The van der Waals surface area contributed by atoms with E-state index in [4.69, 9.17) is 0 Å². The lowest BCUT2D eigenvalue weighted by Gasteiger charge is -2.20. The Hall–Kier alpha value is -1.58. The van der Waals surface area contributed by atoms with Crippen LogP contribution in [-0.2, 0) is 0 Å². The molecule has 4 nitrogen and oxygen atoms in total. The summed E-state index contributed by atoms with van der Waals surface area (Å²) in [6, 6.07) is 3.71. The van der Waals surface area contributed by atoms with E-state index in [0.717, 1.165) is 31.2 Å². The zero-order chi connectivity index (χ0) is 13.0. The number of carbonyl (C=O) groups excluding carboxylic acids is 1. The Labute approximate surface area is 108 Å². The summed E-state index contributed by atoms with van der Waals surface area (Å²) in [5, 5.41) is 3.17. The Kier molecular flexibility index (Phi) is 4.18. The summed E-state index contributed by atoms with van der Waals surface area (Å²) in [5.74, 6) is 0.766. The van der Waals surface area contributed by atoms with Crippen LogP contribution in [0.4, 0.5) is 5.69 Å². The minimum Gasteiger partial charge on any atom is -0.384 e. The molecule has 0 aromatic carbocycles. The lowest BCUT2D eigenvalue weighted by atomic mass is 10.2. The average Bonchev–Trinajstić information content (AvgIpc) is 3.20. The highest BCUT2D eigenvalue weighted by Crippen LogP contribution is 2.30. The van der Waals surface area contributed by atoms with Gasteiger partial charge in [-0.25, -0.2) is 4.98 Å². The fourth-order valence-corrected chi connectivity index (χ4v) is 1.96. The number of hydrogen-bond acceptors (Lipinski definition) is 3. The first kappa shape index (κ1) is 12.9. The van der Waals surface area contributed by atoms with E-state index in [9.17, 15) is 4.79 Å².